The zero-order valence-corrected chi connectivity index (χ0v) is 20.2. The van der Waals surface area contributed by atoms with E-state index in [9.17, 15) is 31.9 Å². The van der Waals surface area contributed by atoms with Gasteiger partial charge in [0, 0.05) is 31.6 Å². The summed E-state index contributed by atoms with van der Waals surface area (Å²) in [6.07, 6.45) is -5.78. The topological polar surface area (TPSA) is 103 Å². The van der Waals surface area contributed by atoms with E-state index in [4.69, 9.17) is 4.74 Å². The lowest BCUT2D eigenvalue weighted by Gasteiger charge is -2.36. The van der Waals surface area contributed by atoms with Crippen LogP contribution in [0.3, 0.4) is 0 Å². The molecule has 14 heteroatoms. The number of aliphatic hydroxyl groups is 1. The monoisotopic (exact) mass is 518 g/mol. The first-order valence-corrected chi connectivity index (χ1v) is 10.8. The molecule has 1 aliphatic heterocycles. The number of nitrogens with zero attached hydrogens (tertiary/aromatic N) is 4. The van der Waals surface area contributed by atoms with Crippen molar-refractivity contribution in [3.8, 4) is 5.75 Å². The van der Waals surface area contributed by atoms with Crippen LogP contribution < -0.4 is 25.2 Å². The minimum absolute atomic E-state index is 0.0681. The van der Waals surface area contributed by atoms with Crippen LogP contribution in [0.1, 0.15) is 24.2 Å². The number of carbonyl (C=O) groups is 1. The van der Waals surface area contributed by atoms with Gasteiger partial charge in [-0.2, -0.15) is 26.9 Å². The third kappa shape index (κ3) is 5.22. The van der Waals surface area contributed by atoms with Crippen molar-refractivity contribution >= 4 is 29.0 Å². The fraction of sp³-hybridized carbons (Fsp3) is 0.500. The molecule has 198 valence electrons. The van der Waals surface area contributed by atoms with Crippen LogP contribution in [0.25, 0.3) is 0 Å². The number of halogens is 5. The van der Waals surface area contributed by atoms with Crippen molar-refractivity contribution in [3.05, 3.63) is 30.0 Å². The number of fused-ring (bicyclic) bond motifs is 1. The van der Waals surface area contributed by atoms with Gasteiger partial charge < -0.3 is 30.3 Å². The first kappa shape index (κ1) is 27.2. The Kier molecular flexibility index (Phi) is 7.22. The second-order valence-electron chi connectivity index (χ2n) is 9.05. The van der Waals surface area contributed by atoms with Gasteiger partial charge in [-0.3, -0.25) is 4.79 Å². The summed E-state index contributed by atoms with van der Waals surface area (Å²) in [5.41, 5.74) is -0.414. The molecule has 1 aliphatic rings. The molecule has 1 unspecified atom stereocenters. The highest BCUT2D eigenvalue weighted by Crippen LogP contribution is 2.43. The van der Waals surface area contributed by atoms with Gasteiger partial charge in [0.2, 0.25) is 5.95 Å². The molecule has 0 radical (unpaired) electrons. The van der Waals surface area contributed by atoms with Crippen molar-refractivity contribution in [1.29, 1.82) is 0 Å². The molecule has 36 heavy (non-hydrogen) atoms. The minimum atomic E-state index is -5.78. The number of amides is 1. The molecule has 0 saturated heterocycles. The Morgan fingerprint density at radius 1 is 1.28 bits per heavy atom. The summed E-state index contributed by atoms with van der Waals surface area (Å²) < 4.78 is 72.7. The Balaban J connectivity index is 2.06. The molecule has 2 aromatic rings. The Morgan fingerprint density at radius 3 is 2.53 bits per heavy atom. The van der Waals surface area contributed by atoms with Gasteiger partial charge in [0.1, 0.15) is 17.7 Å². The largest absolute Gasteiger partial charge is 0.495 e. The highest BCUT2D eigenvalue weighted by molar-refractivity contribution is 5.95. The average molecular weight is 518 g/mol. The first-order valence-electron chi connectivity index (χ1n) is 10.8. The number of anilines is 4. The molecular weight excluding hydrogens is 491 g/mol. The Bertz CT molecular complexity index is 1130. The van der Waals surface area contributed by atoms with Gasteiger partial charge in [-0.25, -0.2) is 4.98 Å². The lowest BCUT2D eigenvalue weighted by atomic mass is 9.90. The Labute approximate surface area is 204 Å². The maximum atomic E-state index is 14.1. The molecule has 1 atom stereocenters. The van der Waals surface area contributed by atoms with Gasteiger partial charge >= 0.3 is 12.1 Å². The van der Waals surface area contributed by atoms with E-state index in [1.807, 2.05) is 0 Å². The highest BCUT2D eigenvalue weighted by atomic mass is 19.4. The molecule has 0 fully saturated rings. The van der Waals surface area contributed by atoms with Crippen molar-refractivity contribution in [3.63, 3.8) is 0 Å². The number of methoxy groups -OCH3 is 1. The van der Waals surface area contributed by atoms with Gasteiger partial charge in [-0.15, -0.1) is 0 Å². The Hall–Kier alpha value is -3.42. The first-order chi connectivity index (χ1) is 16.6. The second kappa shape index (κ2) is 9.56. The quantitative estimate of drug-likeness (QED) is 0.501. The van der Waals surface area contributed by atoms with E-state index in [1.165, 1.54) is 50.5 Å². The van der Waals surface area contributed by atoms with Crippen LogP contribution in [0.5, 0.6) is 5.75 Å². The number of aliphatic hydroxyl groups excluding tert-OH is 1. The second-order valence-corrected chi connectivity index (χ2v) is 9.05. The molecule has 1 aromatic heterocycles. The van der Waals surface area contributed by atoms with Crippen LogP contribution >= 0.6 is 0 Å². The van der Waals surface area contributed by atoms with Gasteiger partial charge in [0.05, 0.1) is 25.5 Å². The van der Waals surface area contributed by atoms with Crippen LogP contribution in [0, 0.1) is 5.41 Å². The third-order valence-corrected chi connectivity index (χ3v) is 5.84. The summed E-state index contributed by atoms with van der Waals surface area (Å²) in [5.74, 6) is -5.49. The number of benzene rings is 1. The van der Waals surface area contributed by atoms with E-state index in [-0.39, 0.29) is 35.7 Å². The number of nitrogens with one attached hydrogen (secondary N) is 2. The number of rotatable bonds is 6. The van der Waals surface area contributed by atoms with Crippen LogP contribution in [-0.2, 0) is 0 Å². The summed E-state index contributed by atoms with van der Waals surface area (Å²) in [5, 5.41) is 16.1. The predicted octanol–water partition coefficient (Wildman–Crippen LogP) is 3.39. The number of carbonyl (C=O) groups excluding carboxylic acids is 1. The standard InChI is InChI=1S/C22H27F5N6O3/c1-20(2)10-33(11-21(23,24)22(25,26)27)16-14(32(4)18(20)35)9-29-19(31-16)30-13-7-6-12(17(34)28-3)8-15(13)36-5/h6-9,18,35H,10-11H2,1-5H3,(H,28,34)(H,29,30,31). The molecular formula is C22H27F5N6O3. The van der Waals surface area contributed by atoms with Crippen molar-refractivity contribution < 1.29 is 36.6 Å². The van der Waals surface area contributed by atoms with Gasteiger partial charge in [-0.1, -0.05) is 13.8 Å². The summed E-state index contributed by atoms with van der Waals surface area (Å²) in [7, 11) is 4.30. The molecule has 2 heterocycles. The van der Waals surface area contributed by atoms with Crippen molar-refractivity contribution in [2.24, 2.45) is 5.41 Å². The zero-order chi connectivity index (χ0) is 27.1. The smallest absolute Gasteiger partial charge is 0.455 e. The highest BCUT2D eigenvalue weighted by Gasteiger charge is 2.59. The maximum absolute atomic E-state index is 14.1. The van der Waals surface area contributed by atoms with Crippen molar-refractivity contribution in [2.75, 3.05) is 49.4 Å². The van der Waals surface area contributed by atoms with E-state index in [1.54, 1.807) is 13.8 Å². The molecule has 1 amide bonds. The Morgan fingerprint density at radius 2 is 1.94 bits per heavy atom. The molecule has 1 aromatic carbocycles. The molecule has 0 saturated carbocycles. The zero-order valence-electron chi connectivity index (χ0n) is 20.2. The van der Waals surface area contributed by atoms with E-state index in [0.717, 1.165) is 4.90 Å². The number of hydrogen-bond acceptors (Lipinski definition) is 8. The fourth-order valence-corrected chi connectivity index (χ4v) is 3.87. The van der Waals surface area contributed by atoms with Crippen LogP contribution in [0.4, 0.5) is 45.1 Å². The molecule has 3 rings (SSSR count). The van der Waals surface area contributed by atoms with Crippen molar-refractivity contribution in [1.82, 2.24) is 15.3 Å². The normalized spacial score (nSPS) is 17.8. The average Bonchev–Trinajstić information content (AvgIpc) is 2.87. The summed E-state index contributed by atoms with van der Waals surface area (Å²) in [4.78, 5) is 22.4. The van der Waals surface area contributed by atoms with Gasteiger partial charge in [0.15, 0.2) is 5.82 Å². The van der Waals surface area contributed by atoms with Gasteiger partial charge in [0.25, 0.3) is 5.91 Å². The van der Waals surface area contributed by atoms with Crippen LogP contribution in [0.15, 0.2) is 24.4 Å². The number of alkyl halides is 5. The number of hydrogen-bond donors (Lipinski definition) is 3. The maximum Gasteiger partial charge on any atom is 0.455 e. The third-order valence-electron chi connectivity index (χ3n) is 5.84. The lowest BCUT2D eigenvalue weighted by Crippen LogP contribution is -2.51. The van der Waals surface area contributed by atoms with Crippen molar-refractivity contribution in [2.45, 2.75) is 32.2 Å². The molecule has 0 aliphatic carbocycles. The fourth-order valence-electron chi connectivity index (χ4n) is 3.87. The predicted molar refractivity (Wildman–Crippen MR) is 123 cm³/mol. The van der Waals surface area contributed by atoms with E-state index in [2.05, 4.69) is 20.6 Å². The summed E-state index contributed by atoms with van der Waals surface area (Å²) >= 11 is 0. The molecule has 9 nitrogen and oxygen atoms in total. The molecule has 0 bridgehead atoms. The number of ether oxygens (including phenoxy) is 1. The molecule has 0 spiro atoms. The summed E-state index contributed by atoms with van der Waals surface area (Å²) in [6.45, 7) is 1.04. The van der Waals surface area contributed by atoms with E-state index >= 15 is 0 Å². The van der Waals surface area contributed by atoms with Crippen LogP contribution in [0.2, 0.25) is 0 Å². The van der Waals surface area contributed by atoms with Gasteiger partial charge in [-0.05, 0) is 18.2 Å². The summed E-state index contributed by atoms with van der Waals surface area (Å²) in [6, 6.07) is 4.45. The molecule has 3 N–H and O–H groups in total. The van der Waals surface area contributed by atoms with E-state index < -0.39 is 30.3 Å². The minimum Gasteiger partial charge on any atom is -0.495 e. The van der Waals surface area contributed by atoms with Crippen LogP contribution in [-0.4, -0.2) is 73.6 Å². The van der Waals surface area contributed by atoms with E-state index in [0.29, 0.717) is 11.3 Å². The lowest BCUT2D eigenvalue weighted by molar-refractivity contribution is -0.277. The number of aromatic nitrogens is 2. The SMILES string of the molecule is CNC(=O)c1ccc(Nc2ncc3c(n2)N(CC(F)(F)C(F)(F)F)CC(C)(C)C(O)N3C)c(OC)c1.